The maximum absolute atomic E-state index is 12.5. The molecule has 0 bridgehead atoms. The number of alkyl halides is 4. The van der Waals surface area contributed by atoms with Gasteiger partial charge in [-0.15, -0.1) is 11.6 Å². The number of nitrogens with zero attached hydrogens (tertiary/aromatic N) is 1. The molecular weight excluding hydrogens is 279 g/mol. The molecule has 0 aliphatic heterocycles. The van der Waals surface area contributed by atoms with E-state index in [0.29, 0.717) is 12.8 Å². The molecule has 0 unspecified atom stereocenters. The summed E-state index contributed by atoms with van der Waals surface area (Å²) in [6, 6.07) is 6.14. The number of carbonyl (C=O) groups excluding carboxylic acids is 1. The van der Waals surface area contributed by atoms with Gasteiger partial charge in [0, 0.05) is 17.5 Å². The quantitative estimate of drug-likeness (QED) is 0.776. The first-order valence-electron chi connectivity index (χ1n) is 5.93. The Morgan fingerprint density at radius 2 is 2.05 bits per heavy atom. The van der Waals surface area contributed by atoms with E-state index in [1.54, 1.807) is 18.2 Å². The molecule has 0 atom stereocenters. The average molecular weight is 292 g/mol. The summed E-state index contributed by atoms with van der Waals surface area (Å²) in [5.74, 6) is -0.351. The number of hydrogen-bond donors (Lipinski definition) is 0. The molecule has 19 heavy (non-hydrogen) atoms. The van der Waals surface area contributed by atoms with Crippen LogP contribution in [0.4, 0.5) is 13.2 Å². The van der Waals surface area contributed by atoms with Crippen LogP contribution >= 0.6 is 11.6 Å². The normalized spacial score (nSPS) is 15.4. The predicted molar refractivity (Wildman–Crippen MR) is 66.1 cm³/mol. The molecule has 2 nitrogen and oxygen atoms in total. The van der Waals surface area contributed by atoms with Crippen molar-refractivity contribution in [3.8, 4) is 0 Å². The Hall–Kier alpha value is -1.23. The number of carbonyl (C=O) groups is 1. The van der Waals surface area contributed by atoms with Gasteiger partial charge in [0.15, 0.2) is 0 Å². The van der Waals surface area contributed by atoms with E-state index in [2.05, 4.69) is 0 Å². The van der Waals surface area contributed by atoms with Gasteiger partial charge in [0.1, 0.15) is 6.54 Å². The number of amides is 1. The van der Waals surface area contributed by atoms with Crippen molar-refractivity contribution in [2.75, 3.05) is 6.54 Å². The topological polar surface area (TPSA) is 20.3 Å². The average Bonchev–Trinajstić information content (AvgIpc) is 3.18. The van der Waals surface area contributed by atoms with Crippen molar-refractivity contribution in [1.29, 1.82) is 0 Å². The zero-order valence-corrected chi connectivity index (χ0v) is 10.8. The van der Waals surface area contributed by atoms with Crippen molar-refractivity contribution in [3.05, 3.63) is 35.4 Å². The summed E-state index contributed by atoms with van der Waals surface area (Å²) >= 11 is 5.66. The van der Waals surface area contributed by atoms with Crippen LogP contribution in [-0.4, -0.2) is 29.6 Å². The Kier molecular flexibility index (Phi) is 4.04. The third-order valence-electron chi connectivity index (χ3n) is 2.93. The van der Waals surface area contributed by atoms with Crippen LogP contribution in [0.5, 0.6) is 0 Å². The molecule has 1 saturated carbocycles. The Balaban J connectivity index is 2.19. The minimum Gasteiger partial charge on any atom is -0.327 e. The van der Waals surface area contributed by atoms with E-state index in [4.69, 9.17) is 11.6 Å². The highest BCUT2D eigenvalue weighted by Crippen LogP contribution is 2.31. The molecule has 0 radical (unpaired) electrons. The molecule has 6 heteroatoms. The molecule has 1 aromatic rings. The van der Waals surface area contributed by atoms with Crippen LogP contribution in [0.1, 0.15) is 28.8 Å². The second kappa shape index (κ2) is 5.41. The summed E-state index contributed by atoms with van der Waals surface area (Å²) in [6.45, 7) is -1.19. The molecule has 1 fully saturated rings. The zero-order chi connectivity index (χ0) is 14.0. The van der Waals surface area contributed by atoms with Crippen LogP contribution in [0.3, 0.4) is 0 Å². The molecule has 0 N–H and O–H groups in total. The smallest absolute Gasteiger partial charge is 0.327 e. The van der Waals surface area contributed by atoms with Gasteiger partial charge >= 0.3 is 6.18 Å². The molecule has 104 valence electrons. The van der Waals surface area contributed by atoms with Crippen LogP contribution in [-0.2, 0) is 5.88 Å². The third kappa shape index (κ3) is 3.86. The number of benzene rings is 1. The SMILES string of the molecule is O=C(c1cccc(CCl)c1)N(CC(F)(F)F)C1CC1. The van der Waals surface area contributed by atoms with Crippen molar-refractivity contribution in [2.45, 2.75) is 30.9 Å². The van der Waals surface area contributed by atoms with Crippen molar-refractivity contribution in [3.63, 3.8) is 0 Å². The maximum Gasteiger partial charge on any atom is 0.406 e. The lowest BCUT2D eigenvalue weighted by Gasteiger charge is -2.24. The van der Waals surface area contributed by atoms with Crippen LogP contribution < -0.4 is 0 Å². The summed E-state index contributed by atoms with van der Waals surface area (Å²) in [4.78, 5) is 13.1. The fraction of sp³-hybridized carbons (Fsp3) is 0.462. The number of rotatable bonds is 4. The largest absolute Gasteiger partial charge is 0.406 e. The lowest BCUT2D eigenvalue weighted by molar-refractivity contribution is -0.141. The molecule has 0 aromatic heterocycles. The fourth-order valence-electron chi connectivity index (χ4n) is 1.90. The van der Waals surface area contributed by atoms with Crippen molar-refractivity contribution >= 4 is 17.5 Å². The standard InChI is InChI=1S/C13H13ClF3NO/c14-7-9-2-1-3-10(6-9)12(19)18(11-4-5-11)8-13(15,16)17/h1-3,6,11H,4-5,7-8H2. The Morgan fingerprint density at radius 3 is 2.58 bits per heavy atom. The molecule has 1 amide bonds. The molecule has 1 aliphatic carbocycles. The minimum atomic E-state index is -4.37. The number of halogens is 4. The molecule has 1 aromatic carbocycles. The van der Waals surface area contributed by atoms with E-state index in [1.165, 1.54) is 6.07 Å². The lowest BCUT2D eigenvalue weighted by atomic mass is 10.1. The van der Waals surface area contributed by atoms with E-state index < -0.39 is 18.6 Å². The van der Waals surface area contributed by atoms with Crippen LogP contribution in [0, 0.1) is 0 Å². The van der Waals surface area contributed by atoms with Crippen molar-refractivity contribution < 1.29 is 18.0 Å². The predicted octanol–water partition coefficient (Wildman–Crippen LogP) is 3.59. The first kappa shape index (κ1) is 14.2. The van der Waals surface area contributed by atoms with E-state index in [0.717, 1.165) is 10.5 Å². The van der Waals surface area contributed by atoms with Gasteiger partial charge in [-0.2, -0.15) is 13.2 Å². The molecule has 2 rings (SSSR count). The van der Waals surface area contributed by atoms with Crippen LogP contribution in [0.2, 0.25) is 0 Å². The van der Waals surface area contributed by atoms with Crippen molar-refractivity contribution in [2.24, 2.45) is 0 Å². The second-order valence-electron chi connectivity index (χ2n) is 4.61. The second-order valence-corrected chi connectivity index (χ2v) is 4.88. The van der Waals surface area contributed by atoms with Gasteiger partial charge in [0.2, 0.25) is 0 Å². The van der Waals surface area contributed by atoms with Crippen molar-refractivity contribution in [1.82, 2.24) is 4.90 Å². The Labute approximate surface area is 114 Å². The van der Waals surface area contributed by atoms with Gasteiger partial charge < -0.3 is 4.90 Å². The first-order valence-corrected chi connectivity index (χ1v) is 6.47. The molecular formula is C13H13ClF3NO. The lowest BCUT2D eigenvalue weighted by Crippen LogP contribution is -2.40. The van der Waals surface area contributed by atoms with Gasteiger partial charge in [0.05, 0.1) is 0 Å². The van der Waals surface area contributed by atoms with Crippen LogP contribution in [0.25, 0.3) is 0 Å². The molecule has 0 spiro atoms. The minimum absolute atomic E-state index is 0.226. The summed E-state index contributed by atoms with van der Waals surface area (Å²) in [5.41, 5.74) is 0.976. The summed E-state index contributed by atoms with van der Waals surface area (Å²) in [6.07, 6.45) is -3.10. The van der Waals surface area contributed by atoms with E-state index in [9.17, 15) is 18.0 Å². The molecule has 1 aliphatic rings. The number of hydrogen-bond acceptors (Lipinski definition) is 1. The van der Waals surface area contributed by atoms with Gasteiger partial charge in [-0.05, 0) is 30.5 Å². The summed E-state index contributed by atoms with van der Waals surface area (Å²) in [7, 11) is 0. The fourth-order valence-corrected chi connectivity index (χ4v) is 2.07. The zero-order valence-electron chi connectivity index (χ0n) is 10.1. The summed E-state index contributed by atoms with van der Waals surface area (Å²) in [5, 5.41) is 0. The molecule has 0 heterocycles. The van der Waals surface area contributed by atoms with Gasteiger partial charge in [-0.1, -0.05) is 12.1 Å². The highest BCUT2D eigenvalue weighted by Gasteiger charge is 2.40. The van der Waals surface area contributed by atoms with E-state index in [1.807, 2.05) is 0 Å². The first-order chi connectivity index (χ1) is 8.90. The highest BCUT2D eigenvalue weighted by atomic mass is 35.5. The van der Waals surface area contributed by atoms with Gasteiger partial charge in [-0.25, -0.2) is 0 Å². The van der Waals surface area contributed by atoms with E-state index in [-0.39, 0.29) is 17.5 Å². The Morgan fingerprint density at radius 1 is 1.37 bits per heavy atom. The monoisotopic (exact) mass is 291 g/mol. The molecule has 0 saturated heterocycles. The van der Waals surface area contributed by atoms with E-state index >= 15 is 0 Å². The highest BCUT2D eigenvalue weighted by molar-refractivity contribution is 6.17. The van der Waals surface area contributed by atoms with Gasteiger partial charge in [0.25, 0.3) is 5.91 Å². The van der Waals surface area contributed by atoms with Crippen LogP contribution in [0.15, 0.2) is 24.3 Å². The maximum atomic E-state index is 12.5. The van der Waals surface area contributed by atoms with Gasteiger partial charge in [-0.3, -0.25) is 4.79 Å². The Bertz CT molecular complexity index is 471. The summed E-state index contributed by atoms with van der Waals surface area (Å²) < 4.78 is 37.5. The third-order valence-corrected chi connectivity index (χ3v) is 3.23.